The first-order valence-electron chi connectivity index (χ1n) is 5.67. The molecule has 0 spiro atoms. The van der Waals surface area contributed by atoms with Gasteiger partial charge in [0.05, 0.1) is 6.04 Å². The maximum atomic E-state index is 12.4. The van der Waals surface area contributed by atoms with Crippen molar-refractivity contribution in [2.24, 2.45) is 5.73 Å². The third-order valence-corrected chi connectivity index (χ3v) is 2.51. The second-order valence-corrected chi connectivity index (χ2v) is 3.73. The van der Waals surface area contributed by atoms with Gasteiger partial charge in [-0.3, -0.25) is 4.90 Å². The Morgan fingerprint density at radius 1 is 1.47 bits per heavy atom. The van der Waals surface area contributed by atoms with E-state index in [0.29, 0.717) is 6.54 Å². The molecule has 2 atom stereocenters. The Morgan fingerprint density at radius 3 is 2.65 bits per heavy atom. The van der Waals surface area contributed by atoms with Crippen LogP contribution in [0, 0.1) is 0 Å². The number of aldehydes is 1. The summed E-state index contributed by atoms with van der Waals surface area (Å²) < 4.78 is 12.4. The lowest BCUT2D eigenvalue weighted by molar-refractivity contribution is -0.112. The summed E-state index contributed by atoms with van der Waals surface area (Å²) in [5, 5.41) is 3.09. The zero-order chi connectivity index (χ0) is 13.1. The monoisotopic (exact) mass is 243 g/mol. The van der Waals surface area contributed by atoms with Gasteiger partial charge in [-0.05, 0) is 26.2 Å². The van der Waals surface area contributed by atoms with Gasteiger partial charge in [-0.1, -0.05) is 12.2 Å². The molecule has 0 aliphatic heterocycles. The minimum Gasteiger partial charge on any atom is -0.405 e. The SMILES string of the molecule is CNC(/C=C/C=C\N)CN(CCF)[C@H](C)C=O. The molecule has 0 aliphatic rings. The van der Waals surface area contributed by atoms with E-state index in [0.717, 1.165) is 6.29 Å². The van der Waals surface area contributed by atoms with Crippen LogP contribution in [-0.2, 0) is 4.79 Å². The minimum absolute atomic E-state index is 0.0557. The second kappa shape index (κ2) is 9.99. The van der Waals surface area contributed by atoms with Gasteiger partial charge in [-0.2, -0.15) is 0 Å². The van der Waals surface area contributed by atoms with Crippen molar-refractivity contribution in [3.63, 3.8) is 0 Å². The van der Waals surface area contributed by atoms with E-state index in [1.165, 1.54) is 6.20 Å². The van der Waals surface area contributed by atoms with Crippen LogP contribution in [0.15, 0.2) is 24.4 Å². The Kier molecular flexibility index (Phi) is 9.28. The first kappa shape index (κ1) is 15.8. The van der Waals surface area contributed by atoms with Gasteiger partial charge in [0.2, 0.25) is 0 Å². The summed E-state index contributed by atoms with van der Waals surface area (Å²) in [6, 6.07) is -0.222. The highest BCUT2D eigenvalue weighted by Gasteiger charge is 2.15. The van der Waals surface area contributed by atoms with E-state index in [1.54, 1.807) is 17.9 Å². The number of likely N-dealkylation sites (N-methyl/N-ethyl adjacent to an activating group) is 1. The van der Waals surface area contributed by atoms with Crippen molar-refractivity contribution >= 4 is 6.29 Å². The van der Waals surface area contributed by atoms with Crippen LogP contribution in [0.25, 0.3) is 0 Å². The summed E-state index contributed by atoms with van der Waals surface area (Å²) in [5.74, 6) is 0. The molecular weight excluding hydrogens is 221 g/mol. The van der Waals surface area contributed by atoms with E-state index in [-0.39, 0.29) is 18.6 Å². The molecule has 1 unspecified atom stereocenters. The van der Waals surface area contributed by atoms with Crippen molar-refractivity contribution in [1.29, 1.82) is 0 Å². The predicted molar refractivity (Wildman–Crippen MR) is 68.4 cm³/mol. The van der Waals surface area contributed by atoms with Gasteiger partial charge in [0.15, 0.2) is 0 Å². The molecule has 0 aliphatic carbocycles. The van der Waals surface area contributed by atoms with Crippen molar-refractivity contribution in [2.75, 3.05) is 26.8 Å². The molecule has 0 radical (unpaired) electrons. The largest absolute Gasteiger partial charge is 0.405 e. The van der Waals surface area contributed by atoms with E-state index in [4.69, 9.17) is 5.73 Å². The normalized spacial score (nSPS) is 15.8. The summed E-state index contributed by atoms with van der Waals surface area (Å²) in [7, 11) is 1.82. The van der Waals surface area contributed by atoms with Gasteiger partial charge in [0.1, 0.15) is 13.0 Å². The van der Waals surface area contributed by atoms with Gasteiger partial charge in [-0.25, -0.2) is 4.39 Å². The lowest BCUT2D eigenvalue weighted by Gasteiger charge is -2.27. The van der Waals surface area contributed by atoms with Gasteiger partial charge in [0, 0.05) is 19.1 Å². The molecule has 0 saturated carbocycles. The van der Waals surface area contributed by atoms with Crippen LogP contribution in [0.2, 0.25) is 0 Å². The molecule has 4 nitrogen and oxygen atoms in total. The third kappa shape index (κ3) is 6.86. The van der Waals surface area contributed by atoms with Crippen LogP contribution < -0.4 is 11.1 Å². The molecule has 0 aromatic heterocycles. The zero-order valence-corrected chi connectivity index (χ0v) is 10.5. The lowest BCUT2D eigenvalue weighted by Crippen LogP contribution is -2.44. The zero-order valence-electron chi connectivity index (χ0n) is 10.5. The average Bonchev–Trinajstić information content (AvgIpc) is 2.35. The van der Waals surface area contributed by atoms with Gasteiger partial charge < -0.3 is 15.8 Å². The number of nitrogens with one attached hydrogen (secondary N) is 1. The molecule has 0 fully saturated rings. The minimum atomic E-state index is -0.457. The maximum Gasteiger partial charge on any atom is 0.136 e. The first-order chi connectivity index (χ1) is 8.19. The topological polar surface area (TPSA) is 58.4 Å². The Labute approximate surface area is 102 Å². The average molecular weight is 243 g/mol. The Morgan fingerprint density at radius 2 is 2.18 bits per heavy atom. The highest BCUT2D eigenvalue weighted by molar-refractivity contribution is 5.56. The predicted octanol–water partition coefficient (Wildman–Crippen LogP) is 0.462. The smallest absolute Gasteiger partial charge is 0.136 e. The molecule has 0 saturated heterocycles. The van der Waals surface area contributed by atoms with E-state index >= 15 is 0 Å². The highest BCUT2D eigenvalue weighted by atomic mass is 19.1. The first-order valence-corrected chi connectivity index (χ1v) is 5.67. The fourth-order valence-electron chi connectivity index (χ4n) is 1.42. The molecule has 98 valence electrons. The number of nitrogens with two attached hydrogens (primary N) is 1. The molecule has 0 aromatic carbocycles. The molecule has 0 heterocycles. The molecule has 17 heavy (non-hydrogen) atoms. The summed E-state index contributed by atoms with van der Waals surface area (Å²) >= 11 is 0. The van der Waals surface area contributed by atoms with Crippen LogP contribution in [0.3, 0.4) is 0 Å². The Hall–Kier alpha value is -1.20. The van der Waals surface area contributed by atoms with Crippen LogP contribution >= 0.6 is 0 Å². The van der Waals surface area contributed by atoms with E-state index in [1.807, 2.05) is 19.2 Å². The number of halogens is 1. The van der Waals surface area contributed by atoms with E-state index in [9.17, 15) is 9.18 Å². The Bertz CT molecular complexity index is 256. The summed E-state index contributed by atoms with van der Waals surface area (Å²) in [4.78, 5) is 12.5. The molecule has 0 bridgehead atoms. The fraction of sp³-hybridized carbons (Fsp3) is 0.583. The number of carbonyl (C=O) groups excluding carboxylic acids is 1. The standard InChI is InChI=1S/C12H22FN3O/c1-11(10-17)16(8-6-13)9-12(15-2)5-3-4-7-14/h3-5,7,10-12,15H,6,8-9,14H2,1-2H3/b5-3+,7-4-/t11-,12?/m1/s1. The van der Waals surface area contributed by atoms with Crippen molar-refractivity contribution in [3.05, 3.63) is 24.4 Å². The van der Waals surface area contributed by atoms with Crippen molar-refractivity contribution < 1.29 is 9.18 Å². The van der Waals surface area contributed by atoms with Crippen LogP contribution in [-0.4, -0.2) is 50.1 Å². The number of hydrogen-bond donors (Lipinski definition) is 2. The van der Waals surface area contributed by atoms with Crippen molar-refractivity contribution in [2.45, 2.75) is 19.0 Å². The van der Waals surface area contributed by atoms with E-state index in [2.05, 4.69) is 5.32 Å². The number of hydrogen-bond acceptors (Lipinski definition) is 4. The molecule has 0 amide bonds. The quantitative estimate of drug-likeness (QED) is 0.456. The summed E-state index contributed by atoms with van der Waals surface area (Å²) in [5.41, 5.74) is 5.22. The number of rotatable bonds is 9. The lowest BCUT2D eigenvalue weighted by atomic mass is 10.2. The number of nitrogens with zero attached hydrogens (tertiary/aromatic N) is 1. The molecule has 0 aromatic rings. The molecule has 0 rings (SSSR count). The Balaban J connectivity index is 4.41. The van der Waals surface area contributed by atoms with Crippen molar-refractivity contribution in [3.8, 4) is 0 Å². The van der Waals surface area contributed by atoms with Crippen molar-refractivity contribution in [1.82, 2.24) is 10.2 Å². The van der Waals surface area contributed by atoms with Gasteiger partial charge in [-0.15, -0.1) is 0 Å². The van der Waals surface area contributed by atoms with E-state index < -0.39 is 6.67 Å². The van der Waals surface area contributed by atoms with Crippen LogP contribution in [0.5, 0.6) is 0 Å². The van der Waals surface area contributed by atoms with Crippen LogP contribution in [0.4, 0.5) is 4.39 Å². The number of alkyl halides is 1. The third-order valence-electron chi connectivity index (χ3n) is 2.51. The van der Waals surface area contributed by atoms with Gasteiger partial charge in [0.25, 0.3) is 0 Å². The number of carbonyl (C=O) groups is 1. The molecule has 3 N–H and O–H groups in total. The summed E-state index contributed by atoms with van der Waals surface area (Å²) in [6.07, 6.45) is 7.72. The molecule has 5 heteroatoms. The maximum absolute atomic E-state index is 12.4. The van der Waals surface area contributed by atoms with Crippen LogP contribution in [0.1, 0.15) is 6.92 Å². The number of allylic oxidation sites excluding steroid dienone is 2. The highest BCUT2D eigenvalue weighted by Crippen LogP contribution is 2.00. The van der Waals surface area contributed by atoms with Gasteiger partial charge >= 0.3 is 0 Å². The second-order valence-electron chi connectivity index (χ2n) is 3.73. The summed E-state index contributed by atoms with van der Waals surface area (Å²) in [6.45, 7) is 2.15. The molecular formula is C12H22FN3O. The fourth-order valence-corrected chi connectivity index (χ4v) is 1.42.